The third kappa shape index (κ3) is 28.2. The minimum absolute atomic E-state index is 0. The Morgan fingerprint density at radius 1 is 0.586 bits per heavy atom. The molecule has 5 heteroatoms. The summed E-state index contributed by atoms with van der Waals surface area (Å²) in [5.41, 5.74) is 0. The van der Waals surface area contributed by atoms with Crippen molar-refractivity contribution in [2.75, 3.05) is 6.61 Å². The van der Waals surface area contributed by atoms with Gasteiger partial charge in [-0.1, -0.05) is 116 Å². The first-order valence-corrected chi connectivity index (χ1v) is 12.0. The predicted molar refractivity (Wildman–Crippen MR) is 125 cm³/mol. The van der Waals surface area contributed by atoms with Crippen LogP contribution in [0.2, 0.25) is 0 Å². The van der Waals surface area contributed by atoms with Crippen LogP contribution in [0.5, 0.6) is 0 Å². The molecule has 0 aliphatic rings. The van der Waals surface area contributed by atoms with Gasteiger partial charge >= 0.3 is 49.7 Å². The summed E-state index contributed by atoms with van der Waals surface area (Å²) < 4.78 is 5.02. The number of aliphatic carboxylic acids is 1. The summed E-state index contributed by atoms with van der Waals surface area (Å²) >= 11 is 0. The zero-order valence-corrected chi connectivity index (χ0v) is 18.5. The van der Waals surface area contributed by atoms with E-state index in [4.69, 9.17) is 9.84 Å². The average molecular weight is 441 g/mol. The van der Waals surface area contributed by atoms with Crippen molar-refractivity contribution in [2.45, 2.75) is 135 Å². The Hall–Kier alpha value is 0.200. The van der Waals surface area contributed by atoms with Gasteiger partial charge in [0.05, 0.1) is 19.4 Å². The van der Waals surface area contributed by atoms with Crippen LogP contribution in [-0.2, 0) is 14.3 Å². The summed E-state index contributed by atoms with van der Waals surface area (Å²) in [6.07, 6.45) is 23.9. The number of hydrogen-bond donors (Lipinski definition) is 1. The van der Waals surface area contributed by atoms with E-state index in [9.17, 15) is 9.59 Å². The van der Waals surface area contributed by atoms with Crippen LogP contribution in [0.15, 0.2) is 0 Å². The van der Waals surface area contributed by atoms with Gasteiger partial charge in [-0.3, -0.25) is 9.59 Å². The molecule has 0 aliphatic carbocycles. The molecular formula is C24H48CaO4. The van der Waals surface area contributed by atoms with Gasteiger partial charge in [-0.15, -0.1) is 0 Å². The van der Waals surface area contributed by atoms with E-state index in [0.29, 0.717) is 6.61 Å². The zero-order valence-electron chi connectivity index (χ0n) is 18.5. The van der Waals surface area contributed by atoms with E-state index in [1.165, 1.54) is 103 Å². The molecule has 0 unspecified atom stereocenters. The Bertz CT molecular complexity index is 361. The zero-order chi connectivity index (χ0) is 20.7. The van der Waals surface area contributed by atoms with Crippen molar-refractivity contribution >= 4 is 49.7 Å². The second kappa shape index (κ2) is 26.2. The van der Waals surface area contributed by atoms with Crippen LogP contribution in [0.4, 0.5) is 0 Å². The predicted octanol–water partition coefficient (Wildman–Crippen LogP) is 6.52. The fourth-order valence-corrected chi connectivity index (χ4v) is 3.47. The summed E-state index contributed by atoms with van der Waals surface area (Å²) in [6.45, 7) is 2.70. The molecule has 0 atom stereocenters. The molecule has 0 rings (SSSR count). The van der Waals surface area contributed by atoms with Crippen LogP contribution < -0.4 is 0 Å². The van der Waals surface area contributed by atoms with E-state index >= 15 is 0 Å². The van der Waals surface area contributed by atoms with E-state index in [0.717, 1.165) is 12.8 Å². The summed E-state index contributed by atoms with van der Waals surface area (Å²) in [4.78, 5) is 21.6. The number of unbranched alkanes of at least 4 members (excludes halogenated alkanes) is 17. The molecule has 0 bridgehead atoms. The molecule has 1 N–H and O–H groups in total. The molecule has 0 aliphatic heterocycles. The number of carbonyl (C=O) groups excluding carboxylic acids is 1. The minimum atomic E-state index is -0.954. The van der Waals surface area contributed by atoms with Gasteiger partial charge in [-0.25, -0.2) is 0 Å². The van der Waals surface area contributed by atoms with Crippen LogP contribution >= 0.6 is 0 Å². The molecule has 0 aromatic heterocycles. The Labute approximate surface area is 209 Å². The molecule has 0 spiro atoms. The number of hydrogen-bond acceptors (Lipinski definition) is 3. The van der Waals surface area contributed by atoms with Gasteiger partial charge in [-0.2, -0.15) is 0 Å². The standard InChI is InChI=1S/C24H46O4.Ca.2H/c1-2-3-4-5-6-7-8-9-10-11-12-13-14-15-16-17-18-19-22-28-24(27)21-20-23(25)26;;;/h2-22H2,1H3,(H,25,26);;;. The SMILES string of the molecule is CCCCCCCCCCCCCCCCCCCCOC(=O)CCC(=O)O.[CaH2]. The first-order chi connectivity index (χ1) is 13.7. The van der Waals surface area contributed by atoms with Crippen LogP contribution in [0.1, 0.15) is 135 Å². The van der Waals surface area contributed by atoms with Crippen molar-refractivity contribution in [3.63, 3.8) is 0 Å². The summed E-state index contributed by atoms with van der Waals surface area (Å²) in [5, 5.41) is 8.49. The molecule has 0 fully saturated rings. The molecular weight excluding hydrogens is 392 g/mol. The first-order valence-electron chi connectivity index (χ1n) is 12.0. The fourth-order valence-electron chi connectivity index (χ4n) is 3.47. The Kier molecular flexibility index (Phi) is 28.4. The van der Waals surface area contributed by atoms with Crippen molar-refractivity contribution in [2.24, 2.45) is 0 Å². The van der Waals surface area contributed by atoms with E-state index in [1.54, 1.807) is 0 Å². The van der Waals surface area contributed by atoms with Gasteiger partial charge in [0.25, 0.3) is 0 Å². The van der Waals surface area contributed by atoms with Crippen LogP contribution in [0.25, 0.3) is 0 Å². The molecule has 0 amide bonds. The number of carboxylic acid groups (broad SMARTS) is 1. The molecule has 0 saturated heterocycles. The maximum absolute atomic E-state index is 11.2. The maximum atomic E-state index is 11.2. The van der Waals surface area contributed by atoms with Crippen LogP contribution in [-0.4, -0.2) is 61.4 Å². The Morgan fingerprint density at radius 2 is 0.931 bits per heavy atom. The van der Waals surface area contributed by atoms with Gasteiger partial charge in [0.1, 0.15) is 0 Å². The number of rotatable bonds is 22. The van der Waals surface area contributed by atoms with Crippen molar-refractivity contribution in [3.8, 4) is 0 Å². The summed E-state index contributed by atoms with van der Waals surface area (Å²) in [6, 6.07) is 0. The van der Waals surface area contributed by atoms with Gasteiger partial charge in [-0.05, 0) is 6.42 Å². The van der Waals surface area contributed by atoms with Crippen LogP contribution in [0.3, 0.4) is 0 Å². The Balaban J connectivity index is 0. The Morgan fingerprint density at radius 3 is 1.28 bits per heavy atom. The third-order valence-electron chi connectivity index (χ3n) is 5.30. The number of esters is 1. The topological polar surface area (TPSA) is 63.6 Å². The molecule has 0 radical (unpaired) electrons. The molecule has 29 heavy (non-hydrogen) atoms. The third-order valence-corrected chi connectivity index (χ3v) is 5.30. The molecule has 0 saturated carbocycles. The normalized spacial score (nSPS) is 10.5. The van der Waals surface area contributed by atoms with Gasteiger partial charge in [0.15, 0.2) is 0 Å². The number of carbonyl (C=O) groups is 2. The van der Waals surface area contributed by atoms with Gasteiger partial charge < -0.3 is 9.84 Å². The van der Waals surface area contributed by atoms with Crippen molar-refractivity contribution in [3.05, 3.63) is 0 Å². The van der Waals surface area contributed by atoms with E-state index < -0.39 is 11.9 Å². The number of ether oxygens (including phenoxy) is 1. The molecule has 0 aromatic carbocycles. The summed E-state index contributed by atoms with van der Waals surface area (Å²) in [7, 11) is 0. The summed E-state index contributed by atoms with van der Waals surface area (Å²) in [5.74, 6) is -1.35. The van der Waals surface area contributed by atoms with Gasteiger partial charge in [0.2, 0.25) is 0 Å². The van der Waals surface area contributed by atoms with Crippen molar-refractivity contribution in [1.82, 2.24) is 0 Å². The molecule has 0 aromatic rings. The van der Waals surface area contributed by atoms with Gasteiger partial charge in [0, 0.05) is 0 Å². The second-order valence-electron chi connectivity index (χ2n) is 8.12. The van der Waals surface area contributed by atoms with Crippen molar-refractivity contribution in [1.29, 1.82) is 0 Å². The molecule has 170 valence electrons. The van der Waals surface area contributed by atoms with Crippen LogP contribution in [0, 0.1) is 0 Å². The quantitative estimate of drug-likeness (QED) is 0.118. The second-order valence-corrected chi connectivity index (χ2v) is 8.12. The fraction of sp³-hybridized carbons (Fsp3) is 0.917. The van der Waals surface area contributed by atoms with E-state index in [-0.39, 0.29) is 50.6 Å². The monoisotopic (exact) mass is 440 g/mol. The average Bonchev–Trinajstić information content (AvgIpc) is 2.68. The first kappa shape index (κ1) is 31.4. The van der Waals surface area contributed by atoms with Crippen molar-refractivity contribution < 1.29 is 19.4 Å². The molecule has 0 heterocycles. The van der Waals surface area contributed by atoms with E-state index in [2.05, 4.69) is 6.92 Å². The van der Waals surface area contributed by atoms with E-state index in [1.807, 2.05) is 0 Å². The molecule has 4 nitrogen and oxygen atoms in total. The number of carboxylic acids is 1.